The van der Waals surface area contributed by atoms with E-state index in [-0.39, 0.29) is 5.91 Å². The van der Waals surface area contributed by atoms with Crippen LogP contribution in [-0.2, 0) is 18.3 Å². The number of aromatic nitrogens is 3. The number of rotatable bonds is 5. The van der Waals surface area contributed by atoms with Gasteiger partial charge in [0, 0.05) is 48.4 Å². The second-order valence-corrected chi connectivity index (χ2v) is 5.16. The molecule has 0 spiro atoms. The molecule has 3 rings (SSSR count). The molecule has 3 aromatic rings. The first-order valence-corrected chi connectivity index (χ1v) is 7.23. The zero-order valence-corrected chi connectivity index (χ0v) is 12.7. The summed E-state index contributed by atoms with van der Waals surface area (Å²) >= 11 is 0. The van der Waals surface area contributed by atoms with Crippen LogP contribution in [0.25, 0.3) is 0 Å². The van der Waals surface area contributed by atoms with Gasteiger partial charge in [-0.05, 0) is 36.4 Å². The van der Waals surface area contributed by atoms with Crippen LogP contribution < -0.4 is 10.6 Å². The highest BCUT2D eigenvalue weighted by Gasteiger charge is 2.07. The van der Waals surface area contributed by atoms with Crippen molar-refractivity contribution in [3.05, 3.63) is 67.0 Å². The molecule has 23 heavy (non-hydrogen) atoms. The van der Waals surface area contributed by atoms with Crippen molar-refractivity contribution in [2.24, 2.45) is 7.05 Å². The lowest BCUT2D eigenvalue weighted by Crippen LogP contribution is -2.15. The highest BCUT2D eigenvalue weighted by atomic mass is 16.1. The number of carbonyl (C=O) groups is 1. The van der Waals surface area contributed by atoms with Crippen LogP contribution >= 0.6 is 0 Å². The first kappa shape index (κ1) is 14.8. The lowest BCUT2D eigenvalue weighted by atomic mass is 10.2. The fraction of sp³-hybridized carbons (Fsp3) is 0.118. The molecule has 1 aromatic carbocycles. The molecule has 0 saturated carbocycles. The Morgan fingerprint density at radius 1 is 1.00 bits per heavy atom. The number of hydrogen-bond acceptors (Lipinski definition) is 4. The molecule has 1 amide bonds. The Hall–Kier alpha value is -3.15. The van der Waals surface area contributed by atoms with E-state index in [1.165, 1.54) is 0 Å². The molecular formula is C17H17N5O. The summed E-state index contributed by atoms with van der Waals surface area (Å²) in [6, 6.07) is 11.3. The third kappa shape index (κ3) is 3.94. The average molecular weight is 307 g/mol. The zero-order chi connectivity index (χ0) is 16.1. The number of carbonyl (C=O) groups excluding carboxylic acids is 1. The predicted molar refractivity (Wildman–Crippen MR) is 89.5 cm³/mol. The van der Waals surface area contributed by atoms with Gasteiger partial charge in [-0.25, -0.2) is 4.98 Å². The number of aryl methyl sites for hydroxylation is 1. The Morgan fingerprint density at radius 3 is 2.30 bits per heavy atom. The number of nitrogens with zero attached hydrogens (tertiary/aromatic N) is 3. The van der Waals surface area contributed by atoms with E-state index in [9.17, 15) is 4.79 Å². The first-order chi connectivity index (χ1) is 11.2. The zero-order valence-electron chi connectivity index (χ0n) is 12.7. The topological polar surface area (TPSA) is 71.8 Å². The van der Waals surface area contributed by atoms with Crippen molar-refractivity contribution in [1.82, 2.24) is 14.5 Å². The van der Waals surface area contributed by atoms with Gasteiger partial charge in [0.05, 0.1) is 12.7 Å². The minimum atomic E-state index is -0.0663. The molecule has 2 N–H and O–H groups in total. The average Bonchev–Trinajstić information content (AvgIpc) is 2.95. The van der Waals surface area contributed by atoms with Crippen LogP contribution in [-0.4, -0.2) is 20.4 Å². The van der Waals surface area contributed by atoms with E-state index in [4.69, 9.17) is 0 Å². The van der Waals surface area contributed by atoms with Gasteiger partial charge in [-0.1, -0.05) is 0 Å². The Kier molecular flexibility index (Phi) is 4.33. The lowest BCUT2D eigenvalue weighted by Gasteiger charge is -2.08. The molecule has 6 nitrogen and oxygen atoms in total. The summed E-state index contributed by atoms with van der Waals surface area (Å²) in [6.45, 7) is 0. The number of hydrogen-bond donors (Lipinski definition) is 2. The second-order valence-electron chi connectivity index (χ2n) is 5.16. The standard InChI is InChI=1S/C17H17N5O/c1-22-12-19-11-16(22)10-17(23)21-14-4-2-13(3-5-14)20-15-6-8-18-9-7-15/h2-9,11-12H,10H2,1H3,(H,18,20)(H,21,23). The van der Waals surface area contributed by atoms with Crippen molar-refractivity contribution in [2.45, 2.75) is 6.42 Å². The van der Waals surface area contributed by atoms with Crippen LogP contribution in [0.3, 0.4) is 0 Å². The molecule has 0 unspecified atom stereocenters. The van der Waals surface area contributed by atoms with E-state index >= 15 is 0 Å². The summed E-state index contributed by atoms with van der Waals surface area (Å²) in [4.78, 5) is 20.0. The fourth-order valence-corrected chi connectivity index (χ4v) is 2.16. The molecule has 2 aromatic heterocycles. The molecule has 0 aliphatic rings. The molecule has 0 bridgehead atoms. The van der Waals surface area contributed by atoms with E-state index in [1.807, 2.05) is 48.0 Å². The fourth-order valence-electron chi connectivity index (χ4n) is 2.16. The Morgan fingerprint density at radius 2 is 1.65 bits per heavy atom. The van der Waals surface area contributed by atoms with Gasteiger partial charge >= 0.3 is 0 Å². The normalized spacial score (nSPS) is 10.3. The van der Waals surface area contributed by atoms with Crippen molar-refractivity contribution < 1.29 is 4.79 Å². The van der Waals surface area contributed by atoms with E-state index in [1.54, 1.807) is 24.9 Å². The number of benzene rings is 1. The number of anilines is 3. The van der Waals surface area contributed by atoms with Crippen LogP contribution in [0.15, 0.2) is 61.3 Å². The van der Waals surface area contributed by atoms with Crippen molar-refractivity contribution in [1.29, 1.82) is 0 Å². The van der Waals surface area contributed by atoms with E-state index in [0.29, 0.717) is 6.42 Å². The highest BCUT2D eigenvalue weighted by molar-refractivity contribution is 5.92. The Balaban J connectivity index is 1.59. The van der Waals surface area contributed by atoms with Gasteiger partial charge in [0.15, 0.2) is 0 Å². The molecule has 0 aliphatic heterocycles. The van der Waals surface area contributed by atoms with Gasteiger partial charge in [0.1, 0.15) is 0 Å². The maximum absolute atomic E-state index is 12.0. The lowest BCUT2D eigenvalue weighted by molar-refractivity contribution is -0.115. The van der Waals surface area contributed by atoms with Crippen LogP contribution in [0.2, 0.25) is 0 Å². The minimum absolute atomic E-state index is 0.0663. The van der Waals surface area contributed by atoms with Gasteiger partial charge in [0.25, 0.3) is 0 Å². The SMILES string of the molecule is Cn1cncc1CC(=O)Nc1ccc(Nc2ccncc2)cc1. The van der Waals surface area contributed by atoms with Gasteiger partial charge in [0.2, 0.25) is 5.91 Å². The van der Waals surface area contributed by atoms with Crippen molar-refractivity contribution in [3.8, 4) is 0 Å². The smallest absolute Gasteiger partial charge is 0.230 e. The van der Waals surface area contributed by atoms with E-state index in [0.717, 1.165) is 22.8 Å². The highest BCUT2D eigenvalue weighted by Crippen LogP contribution is 2.18. The van der Waals surface area contributed by atoms with Crippen LogP contribution in [0.4, 0.5) is 17.1 Å². The molecule has 0 fully saturated rings. The van der Waals surface area contributed by atoms with Crippen LogP contribution in [0.5, 0.6) is 0 Å². The molecular weight excluding hydrogens is 290 g/mol. The summed E-state index contributed by atoms with van der Waals surface area (Å²) in [5.74, 6) is -0.0663. The molecule has 0 aliphatic carbocycles. The molecule has 0 atom stereocenters. The number of amides is 1. The molecule has 6 heteroatoms. The Bertz CT molecular complexity index is 780. The van der Waals surface area contributed by atoms with Gasteiger partial charge in [-0.3, -0.25) is 9.78 Å². The van der Waals surface area contributed by atoms with Crippen LogP contribution in [0, 0.1) is 0 Å². The van der Waals surface area contributed by atoms with Gasteiger partial charge in [-0.15, -0.1) is 0 Å². The van der Waals surface area contributed by atoms with E-state index < -0.39 is 0 Å². The second kappa shape index (κ2) is 6.74. The number of imidazole rings is 1. The van der Waals surface area contributed by atoms with Crippen molar-refractivity contribution >= 4 is 23.0 Å². The minimum Gasteiger partial charge on any atom is -0.355 e. The summed E-state index contributed by atoms with van der Waals surface area (Å²) in [5, 5.41) is 6.14. The molecule has 116 valence electrons. The largest absolute Gasteiger partial charge is 0.355 e. The van der Waals surface area contributed by atoms with Crippen LogP contribution in [0.1, 0.15) is 5.69 Å². The van der Waals surface area contributed by atoms with Gasteiger partial charge < -0.3 is 15.2 Å². The summed E-state index contributed by atoms with van der Waals surface area (Å²) in [7, 11) is 1.87. The summed E-state index contributed by atoms with van der Waals surface area (Å²) < 4.78 is 1.83. The van der Waals surface area contributed by atoms with Crippen molar-refractivity contribution in [3.63, 3.8) is 0 Å². The summed E-state index contributed by atoms with van der Waals surface area (Å²) in [5.41, 5.74) is 3.55. The first-order valence-electron chi connectivity index (χ1n) is 7.23. The van der Waals surface area contributed by atoms with Gasteiger partial charge in [-0.2, -0.15) is 0 Å². The predicted octanol–water partition coefficient (Wildman–Crippen LogP) is 2.74. The maximum Gasteiger partial charge on any atom is 0.230 e. The third-order valence-electron chi connectivity index (χ3n) is 3.40. The summed E-state index contributed by atoms with van der Waals surface area (Å²) in [6.07, 6.45) is 7.14. The molecule has 0 saturated heterocycles. The molecule has 2 heterocycles. The third-order valence-corrected chi connectivity index (χ3v) is 3.40. The number of pyridine rings is 1. The quantitative estimate of drug-likeness (QED) is 0.760. The molecule has 0 radical (unpaired) electrons. The maximum atomic E-state index is 12.0. The monoisotopic (exact) mass is 307 g/mol. The number of nitrogens with one attached hydrogen (secondary N) is 2. The van der Waals surface area contributed by atoms with E-state index in [2.05, 4.69) is 20.6 Å². The van der Waals surface area contributed by atoms with Crippen molar-refractivity contribution in [2.75, 3.05) is 10.6 Å². The Labute approximate surface area is 134 Å².